The second kappa shape index (κ2) is 7.01. The number of benzene rings is 1. The van der Waals surface area contributed by atoms with Gasteiger partial charge in [-0.1, -0.05) is 17.3 Å². The van der Waals surface area contributed by atoms with Gasteiger partial charge in [0, 0.05) is 0 Å². The Morgan fingerprint density at radius 3 is 2.48 bits per heavy atom. The largest absolute Gasteiger partial charge is 0.493 e. The molecule has 1 aromatic carbocycles. The summed E-state index contributed by atoms with van der Waals surface area (Å²) in [4.78, 5) is 0.0710. The average Bonchev–Trinajstić information content (AvgIpc) is 2.84. The molecule has 1 N–H and O–H groups in total. The lowest BCUT2D eigenvalue weighted by Gasteiger charge is -2.16. The van der Waals surface area contributed by atoms with Crippen LogP contribution < -0.4 is 14.2 Å². The molecule has 0 amide bonds. The van der Waals surface area contributed by atoms with Crippen molar-refractivity contribution < 1.29 is 22.4 Å². The normalized spacial score (nSPS) is 12.9. The molecule has 2 rings (SSSR count). The number of para-hydroxylation sites is 2. The maximum absolute atomic E-state index is 12.4. The number of sulfonamides is 1. The number of hydrogen-bond donors (Lipinski definition) is 1. The molecular formula is C15H20N2O5S. The summed E-state index contributed by atoms with van der Waals surface area (Å²) in [5.74, 6) is 1.40. The van der Waals surface area contributed by atoms with Gasteiger partial charge in [-0.3, -0.25) is 0 Å². The van der Waals surface area contributed by atoms with Crippen molar-refractivity contribution in [1.29, 1.82) is 0 Å². The fourth-order valence-electron chi connectivity index (χ4n) is 2.17. The zero-order valence-corrected chi connectivity index (χ0v) is 14.3. The van der Waals surface area contributed by atoms with Crippen LogP contribution in [0, 0.1) is 13.8 Å². The molecule has 0 bridgehead atoms. The van der Waals surface area contributed by atoms with Gasteiger partial charge in [0.25, 0.3) is 0 Å². The summed E-state index contributed by atoms with van der Waals surface area (Å²) in [6.45, 7) is 5.01. The first kappa shape index (κ1) is 17.3. The maximum Gasteiger partial charge on any atom is 0.246 e. The lowest BCUT2D eigenvalue weighted by molar-refractivity contribution is 0.271. The van der Waals surface area contributed by atoms with Crippen LogP contribution in [0.15, 0.2) is 33.7 Å². The Balaban J connectivity index is 2.03. The monoisotopic (exact) mass is 340 g/mol. The third-order valence-electron chi connectivity index (χ3n) is 3.15. The lowest BCUT2D eigenvalue weighted by Crippen LogP contribution is -2.37. The minimum atomic E-state index is -3.72. The molecule has 0 radical (unpaired) electrons. The third kappa shape index (κ3) is 4.02. The number of methoxy groups -OCH3 is 1. The van der Waals surface area contributed by atoms with E-state index in [9.17, 15) is 8.42 Å². The van der Waals surface area contributed by atoms with Crippen molar-refractivity contribution in [2.24, 2.45) is 0 Å². The molecular weight excluding hydrogens is 320 g/mol. The van der Waals surface area contributed by atoms with E-state index in [0.29, 0.717) is 17.2 Å². The number of aromatic nitrogens is 1. The number of ether oxygens (including phenoxy) is 2. The van der Waals surface area contributed by atoms with Crippen molar-refractivity contribution in [1.82, 2.24) is 9.88 Å². The highest BCUT2D eigenvalue weighted by Gasteiger charge is 2.26. The summed E-state index contributed by atoms with van der Waals surface area (Å²) in [6.07, 6.45) is 0. The number of rotatable bonds is 7. The molecule has 23 heavy (non-hydrogen) atoms. The molecule has 8 heteroatoms. The molecule has 0 fully saturated rings. The SMILES string of the molecule is COc1ccccc1OCC(C)NS(=O)(=O)c1c(C)noc1C. The number of nitrogens with one attached hydrogen (secondary N) is 1. The molecule has 0 saturated heterocycles. The first-order valence-corrected chi connectivity index (χ1v) is 8.54. The van der Waals surface area contributed by atoms with Crippen LogP contribution >= 0.6 is 0 Å². The quantitative estimate of drug-likeness (QED) is 0.829. The first-order chi connectivity index (χ1) is 10.8. The third-order valence-corrected chi connectivity index (χ3v) is 4.98. The zero-order valence-electron chi connectivity index (χ0n) is 13.5. The Morgan fingerprint density at radius 1 is 1.26 bits per heavy atom. The molecule has 0 spiro atoms. The standard InChI is InChI=1S/C15H20N2O5S/c1-10(9-21-14-8-6-5-7-13(14)20-4)17-23(18,19)15-11(2)16-22-12(15)3/h5-8,10,17H,9H2,1-4H3. The van der Waals surface area contributed by atoms with E-state index < -0.39 is 16.1 Å². The van der Waals surface area contributed by atoms with Gasteiger partial charge in [0.2, 0.25) is 10.0 Å². The summed E-state index contributed by atoms with van der Waals surface area (Å²) in [6, 6.07) is 6.73. The molecule has 1 unspecified atom stereocenters. The molecule has 126 valence electrons. The van der Waals surface area contributed by atoms with Crippen LogP contribution in [0.4, 0.5) is 0 Å². The van der Waals surface area contributed by atoms with Crippen molar-refractivity contribution in [3.05, 3.63) is 35.7 Å². The van der Waals surface area contributed by atoms with Crippen LogP contribution in [0.2, 0.25) is 0 Å². The summed E-state index contributed by atoms with van der Waals surface area (Å²) >= 11 is 0. The van der Waals surface area contributed by atoms with E-state index in [2.05, 4.69) is 9.88 Å². The van der Waals surface area contributed by atoms with E-state index in [1.54, 1.807) is 40.0 Å². The van der Waals surface area contributed by atoms with E-state index in [1.807, 2.05) is 12.1 Å². The van der Waals surface area contributed by atoms with Crippen molar-refractivity contribution in [2.45, 2.75) is 31.7 Å². The van der Waals surface area contributed by atoms with Gasteiger partial charge in [0.05, 0.1) is 13.2 Å². The van der Waals surface area contributed by atoms with E-state index in [4.69, 9.17) is 14.0 Å². The molecule has 0 saturated carbocycles. The summed E-state index contributed by atoms with van der Waals surface area (Å²) in [5.41, 5.74) is 0.327. The second-order valence-corrected chi connectivity index (χ2v) is 6.79. The molecule has 1 heterocycles. The fraction of sp³-hybridized carbons (Fsp3) is 0.400. The number of hydrogen-bond acceptors (Lipinski definition) is 6. The molecule has 0 aliphatic heterocycles. The fourth-order valence-corrected chi connectivity index (χ4v) is 3.73. The van der Waals surface area contributed by atoms with E-state index in [1.165, 1.54) is 0 Å². The Bertz CT molecular complexity index is 750. The van der Waals surface area contributed by atoms with Gasteiger partial charge in [0.15, 0.2) is 17.3 Å². The van der Waals surface area contributed by atoms with Crippen LogP contribution in [0.3, 0.4) is 0 Å². The van der Waals surface area contributed by atoms with Crippen LogP contribution in [-0.2, 0) is 10.0 Å². The Kier molecular flexibility index (Phi) is 5.27. The zero-order chi connectivity index (χ0) is 17.0. The minimum absolute atomic E-state index is 0.0710. The number of aryl methyl sites for hydroxylation is 2. The highest BCUT2D eigenvalue weighted by molar-refractivity contribution is 7.89. The van der Waals surface area contributed by atoms with Gasteiger partial charge < -0.3 is 14.0 Å². The van der Waals surface area contributed by atoms with E-state index >= 15 is 0 Å². The molecule has 0 aliphatic carbocycles. The lowest BCUT2D eigenvalue weighted by atomic mass is 10.3. The van der Waals surface area contributed by atoms with Gasteiger partial charge in [-0.25, -0.2) is 13.1 Å². The van der Waals surface area contributed by atoms with Crippen molar-refractivity contribution in [3.63, 3.8) is 0 Å². The first-order valence-electron chi connectivity index (χ1n) is 7.06. The van der Waals surface area contributed by atoms with Crippen molar-refractivity contribution in [2.75, 3.05) is 13.7 Å². The molecule has 7 nitrogen and oxygen atoms in total. The maximum atomic E-state index is 12.4. The second-order valence-electron chi connectivity index (χ2n) is 5.14. The predicted octanol–water partition coefficient (Wildman–Crippen LogP) is 2.05. The topological polar surface area (TPSA) is 90.7 Å². The Morgan fingerprint density at radius 2 is 1.91 bits per heavy atom. The van der Waals surface area contributed by atoms with Gasteiger partial charge in [-0.05, 0) is 32.9 Å². The van der Waals surface area contributed by atoms with Gasteiger partial charge >= 0.3 is 0 Å². The highest BCUT2D eigenvalue weighted by Crippen LogP contribution is 2.26. The number of nitrogens with zero attached hydrogens (tertiary/aromatic N) is 1. The predicted molar refractivity (Wildman–Crippen MR) is 84.2 cm³/mol. The van der Waals surface area contributed by atoms with Gasteiger partial charge in [0.1, 0.15) is 17.2 Å². The van der Waals surface area contributed by atoms with Crippen LogP contribution in [-0.4, -0.2) is 33.3 Å². The van der Waals surface area contributed by atoms with Crippen LogP contribution in [0.1, 0.15) is 18.4 Å². The smallest absolute Gasteiger partial charge is 0.246 e. The summed E-state index contributed by atoms with van der Waals surface area (Å²) < 4.78 is 43.0. The van der Waals surface area contributed by atoms with E-state index in [0.717, 1.165) is 0 Å². The molecule has 1 aromatic heterocycles. The van der Waals surface area contributed by atoms with Crippen molar-refractivity contribution >= 4 is 10.0 Å². The van der Waals surface area contributed by atoms with Gasteiger partial charge in [-0.2, -0.15) is 0 Å². The Hall–Kier alpha value is -2.06. The van der Waals surface area contributed by atoms with Gasteiger partial charge in [-0.15, -0.1) is 0 Å². The highest BCUT2D eigenvalue weighted by atomic mass is 32.2. The minimum Gasteiger partial charge on any atom is -0.493 e. The molecule has 0 aliphatic rings. The van der Waals surface area contributed by atoms with Crippen LogP contribution in [0.5, 0.6) is 11.5 Å². The molecule has 1 atom stereocenters. The van der Waals surface area contributed by atoms with Crippen LogP contribution in [0.25, 0.3) is 0 Å². The molecule has 2 aromatic rings. The van der Waals surface area contributed by atoms with E-state index in [-0.39, 0.29) is 17.3 Å². The summed E-state index contributed by atoms with van der Waals surface area (Å²) in [5, 5.41) is 3.66. The summed E-state index contributed by atoms with van der Waals surface area (Å²) in [7, 11) is -2.17. The van der Waals surface area contributed by atoms with Crippen molar-refractivity contribution in [3.8, 4) is 11.5 Å². The Labute approximate surface area is 135 Å². The average molecular weight is 340 g/mol.